The second-order valence-electron chi connectivity index (χ2n) is 4.37. The number of rotatable bonds is 6. The molecule has 0 fully saturated rings. The molecule has 0 aliphatic carbocycles. The molecule has 1 heterocycles. The van der Waals surface area contributed by atoms with E-state index < -0.39 is 0 Å². The van der Waals surface area contributed by atoms with Gasteiger partial charge in [-0.15, -0.1) is 0 Å². The van der Waals surface area contributed by atoms with Gasteiger partial charge in [-0.2, -0.15) is 0 Å². The van der Waals surface area contributed by atoms with E-state index >= 15 is 0 Å². The third kappa shape index (κ3) is 3.42. The van der Waals surface area contributed by atoms with E-state index in [1.54, 1.807) is 19.6 Å². The Balaban J connectivity index is 1.92. The van der Waals surface area contributed by atoms with Crippen molar-refractivity contribution in [2.45, 2.75) is 19.5 Å². The Morgan fingerprint density at radius 1 is 1.33 bits per heavy atom. The molecule has 0 spiro atoms. The molecule has 0 aliphatic rings. The molecule has 2 aromatic rings. The van der Waals surface area contributed by atoms with Crippen LogP contribution in [-0.4, -0.2) is 29.3 Å². The first-order valence-electron chi connectivity index (χ1n) is 6.09. The SMILES string of the molecule is COCC(C)NCc1ccc(-n2ccnc2)cc1. The highest BCUT2D eigenvalue weighted by Gasteiger charge is 2.01. The van der Waals surface area contributed by atoms with Crippen LogP contribution in [0.25, 0.3) is 5.69 Å². The van der Waals surface area contributed by atoms with Crippen LogP contribution in [0.15, 0.2) is 43.0 Å². The lowest BCUT2D eigenvalue weighted by Crippen LogP contribution is -2.29. The molecule has 0 bridgehead atoms. The Bertz CT molecular complexity index is 450. The van der Waals surface area contributed by atoms with Crippen LogP contribution in [0.2, 0.25) is 0 Å². The summed E-state index contributed by atoms with van der Waals surface area (Å²) in [6.07, 6.45) is 5.52. The van der Waals surface area contributed by atoms with Gasteiger partial charge in [-0.1, -0.05) is 12.1 Å². The molecule has 0 amide bonds. The Morgan fingerprint density at radius 3 is 2.72 bits per heavy atom. The van der Waals surface area contributed by atoms with Crippen molar-refractivity contribution in [3.63, 3.8) is 0 Å². The quantitative estimate of drug-likeness (QED) is 0.846. The molecular formula is C14H19N3O. The third-order valence-electron chi connectivity index (χ3n) is 2.81. The molecule has 1 atom stereocenters. The van der Waals surface area contributed by atoms with E-state index in [1.165, 1.54) is 5.56 Å². The molecule has 1 aromatic carbocycles. The van der Waals surface area contributed by atoms with Gasteiger partial charge in [0.1, 0.15) is 0 Å². The minimum Gasteiger partial charge on any atom is -0.383 e. The van der Waals surface area contributed by atoms with Crippen molar-refractivity contribution >= 4 is 0 Å². The van der Waals surface area contributed by atoms with Crippen LogP contribution in [0.1, 0.15) is 12.5 Å². The maximum absolute atomic E-state index is 5.09. The van der Waals surface area contributed by atoms with Gasteiger partial charge >= 0.3 is 0 Å². The van der Waals surface area contributed by atoms with E-state index in [2.05, 4.69) is 41.5 Å². The van der Waals surface area contributed by atoms with E-state index in [4.69, 9.17) is 4.74 Å². The molecule has 0 aliphatic heterocycles. The number of hydrogen-bond donors (Lipinski definition) is 1. The molecule has 1 unspecified atom stereocenters. The standard InChI is InChI=1S/C14H19N3O/c1-12(10-18-2)16-9-13-3-5-14(6-4-13)17-8-7-15-11-17/h3-8,11-12,16H,9-10H2,1-2H3. The van der Waals surface area contributed by atoms with Gasteiger partial charge in [0, 0.05) is 37.8 Å². The van der Waals surface area contributed by atoms with Crippen molar-refractivity contribution in [1.29, 1.82) is 0 Å². The van der Waals surface area contributed by atoms with E-state index in [-0.39, 0.29) is 0 Å². The van der Waals surface area contributed by atoms with Gasteiger partial charge in [0.15, 0.2) is 0 Å². The van der Waals surface area contributed by atoms with Crippen LogP contribution in [-0.2, 0) is 11.3 Å². The predicted molar refractivity (Wildman–Crippen MR) is 71.7 cm³/mol. The van der Waals surface area contributed by atoms with E-state index in [0.717, 1.165) is 18.8 Å². The monoisotopic (exact) mass is 245 g/mol. The van der Waals surface area contributed by atoms with Crippen molar-refractivity contribution in [1.82, 2.24) is 14.9 Å². The van der Waals surface area contributed by atoms with Crippen molar-refractivity contribution in [3.05, 3.63) is 48.5 Å². The molecule has 0 saturated heterocycles. The first kappa shape index (κ1) is 12.8. The van der Waals surface area contributed by atoms with Crippen LogP contribution in [0.5, 0.6) is 0 Å². The molecule has 96 valence electrons. The van der Waals surface area contributed by atoms with E-state index in [0.29, 0.717) is 6.04 Å². The van der Waals surface area contributed by atoms with Gasteiger partial charge in [-0.3, -0.25) is 0 Å². The van der Waals surface area contributed by atoms with E-state index in [9.17, 15) is 0 Å². The Labute approximate surface area is 108 Å². The van der Waals surface area contributed by atoms with Crippen LogP contribution in [0, 0.1) is 0 Å². The van der Waals surface area contributed by atoms with Gasteiger partial charge in [0.25, 0.3) is 0 Å². The van der Waals surface area contributed by atoms with Gasteiger partial charge in [-0.25, -0.2) is 4.98 Å². The molecule has 0 saturated carbocycles. The van der Waals surface area contributed by atoms with Crippen LogP contribution >= 0.6 is 0 Å². The van der Waals surface area contributed by atoms with Crippen LogP contribution in [0.3, 0.4) is 0 Å². The highest BCUT2D eigenvalue weighted by Crippen LogP contribution is 2.09. The maximum Gasteiger partial charge on any atom is 0.0991 e. The summed E-state index contributed by atoms with van der Waals surface area (Å²) < 4.78 is 7.08. The summed E-state index contributed by atoms with van der Waals surface area (Å²) in [6.45, 7) is 3.70. The second-order valence-corrected chi connectivity index (χ2v) is 4.37. The van der Waals surface area contributed by atoms with Crippen LogP contribution < -0.4 is 5.32 Å². The zero-order valence-electron chi connectivity index (χ0n) is 10.8. The summed E-state index contributed by atoms with van der Waals surface area (Å²) in [5.74, 6) is 0. The Kier molecular flexibility index (Phi) is 4.50. The lowest BCUT2D eigenvalue weighted by Gasteiger charge is -2.12. The van der Waals surface area contributed by atoms with E-state index in [1.807, 2.05) is 10.8 Å². The number of benzene rings is 1. The van der Waals surface area contributed by atoms with Crippen molar-refractivity contribution < 1.29 is 4.74 Å². The summed E-state index contributed by atoms with van der Waals surface area (Å²) in [5, 5.41) is 3.41. The number of nitrogens with zero attached hydrogens (tertiary/aromatic N) is 2. The smallest absolute Gasteiger partial charge is 0.0991 e. The summed E-state index contributed by atoms with van der Waals surface area (Å²) in [6, 6.07) is 8.81. The Hall–Kier alpha value is -1.65. The number of methoxy groups -OCH3 is 1. The first-order chi connectivity index (χ1) is 8.79. The molecular weight excluding hydrogens is 226 g/mol. The summed E-state index contributed by atoms with van der Waals surface area (Å²) >= 11 is 0. The fraction of sp³-hybridized carbons (Fsp3) is 0.357. The predicted octanol–water partition coefficient (Wildman–Crippen LogP) is 2.00. The largest absolute Gasteiger partial charge is 0.383 e. The normalized spacial score (nSPS) is 12.6. The first-order valence-corrected chi connectivity index (χ1v) is 6.09. The lowest BCUT2D eigenvalue weighted by atomic mass is 10.2. The van der Waals surface area contributed by atoms with Crippen molar-refractivity contribution in [2.24, 2.45) is 0 Å². The topological polar surface area (TPSA) is 39.1 Å². The fourth-order valence-corrected chi connectivity index (χ4v) is 1.80. The maximum atomic E-state index is 5.09. The minimum absolute atomic E-state index is 0.364. The van der Waals surface area contributed by atoms with Crippen molar-refractivity contribution in [3.8, 4) is 5.69 Å². The molecule has 4 nitrogen and oxygen atoms in total. The number of ether oxygens (including phenoxy) is 1. The van der Waals surface area contributed by atoms with Gasteiger partial charge < -0.3 is 14.6 Å². The molecule has 2 rings (SSSR count). The lowest BCUT2D eigenvalue weighted by molar-refractivity contribution is 0.171. The minimum atomic E-state index is 0.364. The second kappa shape index (κ2) is 6.33. The molecule has 0 radical (unpaired) electrons. The highest BCUT2D eigenvalue weighted by molar-refractivity contribution is 5.34. The molecule has 18 heavy (non-hydrogen) atoms. The molecule has 1 N–H and O–H groups in total. The summed E-state index contributed by atoms with van der Waals surface area (Å²) in [7, 11) is 1.72. The molecule has 1 aromatic heterocycles. The van der Waals surface area contributed by atoms with Crippen molar-refractivity contribution in [2.75, 3.05) is 13.7 Å². The van der Waals surface area contributed by atoms with Crippen LogP contribution in [0.4, 0.5) is 0 Å². The zero-order valence-corrected chi connectivity index (χ0v) is 10.8. The highest BCUT2D eigenvalue weighted by atomic mass is 16.5. The summed E-state index contributed by atoms with van der Waals surface area (Å²) in [5.41, 5.74) is 2.39. The Morgan fingerprint density at radius 2 is 2.11 bits per heavy atom. The number of aromatic nitrogens is 2. The van der Waals surface area contributed by atoms with Gasteiger partial charge in [0.05, 0.1) is 12.9 Å². The van der Waals surface area contributed by atoms with Gasteiger partial charge in [-0.05, 0) is 24.6 Å². The number of hydrogen-bond acceptors (Lipinski definition) is 3. The average Bonchev–Trinajstić information content (AvgIpc) is 2.91. The average molecular weight is 245 g/mol. The summed E-state index contributed by atoms with van der Waals surface area (Å²) in [4.78, 5) is 4.04. The fourth-order valence-electron chi connectivity index (χ4n) is 1.80. The van der Waals surface area contributed by atoms with Gasteiger partial charge in [0.2, 0.25) is 0 Å². The number of nitrogens with one attached hydrogen (secondary N) is 1. The number of imidazole rings is 1. The zero-order chi connectivity index (χ0) is 12.8. The molecule has 4 heteroatoms. The third-order valence-corrected chi connectivity index (χ3v) is 2.81.